The van der Waals surface area contributed by atoms with Gasteiger partial charge in [-0.05, 0) is 26.0 Å². The minimum atomic E-state index is 1.27. The van der Waals surface area contributed by atoms with Gasteiger partial charge in [0.1, 0.15) is 5.65 Å². The fraction of sp³-hybridized carbons (Fsp3) is 0.231. The van der Waals surface area contributed by atoms with Crippen molar-refractivity contribution in [3.63, 3.8) is 0 Å². The summed E-state index contributed by atoms with van der Waals surface area (Å²) in [5.41, 5.74) is 5.23. The van der Waals surface area contributed by atoms with Crippen molar-refractivity contribution >= 4 is 16.6 Å². The van der Waals surface area contributed by atoms with Gasteiger partial charge in [0.05, 0.1) is 5.52 Å². The first-order valence-corrected chi connectivity index (χ1v) is 5.22. The molecular formula is C13H14N2. The van der Waals surface area contributed by atoms with Crippen molar-refractivity contribution in [2.75, 3.05) is 0 Å². The predicted octanol–water partition coefficient (Wildman–Crippen LogP) is 3.05. The topological polar surface area (TPSA) is 9.34 Å². The Labute approximate surface area is 88.7 Å². The molecule has 0 unspecified atom stereocenters. The predicted molar refractivity (Wildman–Crippen MR) is 63.3 cm³/mol. The minimum Gasteiger partial charge on any atom is -0.333 e. The fourth-order valence-electron chi connectivity index (χ4n) is 2.32. The summed E-state index contributed by atoms with van der Waals surface area (Å²) in [6.07, 6.45) is 0. The Morgan fingerprint density at radius 2 is 1.73 bits per heavy atom. The van der Waals surface area contributed by atoms with Crippen molar-refractivity contribution < 1.29 is 0 Å². The van der Waals surface area contributed by atoms with Gasteiger partial charge in [0, 0.05) is 23.8 Å². The molecule has 3 rings (SSSR count). The van der Waals surface area contributed by atoms with Crippen LogP contribution in [0.4, 0.5) is 0 Å². The molecule has 76 valence electrons. The van der Waals surface area contributed by atoms with E-state index in [-0.39, 0.29) is 0 Å². The molecule has 0 fully saturated rings. The number of aryl methyl sites for hydroxylation is 2. The molecule has 2 aromatic heterocycles. The molecule has 0 N–H and O–H groups in total. The zero-order chi connectivity index (χ0) is 10.6. The van der Waals surface area contributed by atoms with Gasteiger partial charge < -0.3 is 4.57 Å². The zero-order valence-electron chi connectivity index (χ0n) is 9.28. The van der Waals surface area contributed by atoms with E-state index in [0.717, 1.165) is 0 Å². The number of nitrogens with zero attached hydrogens (tertiary/aromatic N) is 2. The largest absolute Gasteiger partial charge is 0.333 e. The number of aromatic nitrogens is 2. The van der Waals surface area contributed by atoms with E-state index in [1.807, 2.05) is 0 Å². The van der Waals surface area contributed by atoms with Crippen molar-refractivity contribution in [1.29, 1.82) is 0 Å². The molecule has 0 bridgehead atoms. The maximum atomic E-state index is 2.32. The van der Waals surface area contributed by atoms with Crippen LogP contribution in [-0.2, 0) is 7.05 Å². The Kier molecular flexibility index (Phi) is 1.52. The molecule has 2 heterocycles. The monoisotopic (exact) mass is 198 g/mol. The van der Waals surface area contributed by atoms with Crippen LogP contribution in [0, 0.1) is 13.8 Å². The van der Waals surface area contributed by atoms with E-state index in [2.05, 4.69) is 60.2 Å². The Hall–Kier alpha value is -1.70. The molecule has 15 heavy (non-hydrogen) atoms. The van der Waals surface area contributed by atoms with Gasteiger partial charge in [-0.2, -0.15) is 0 Å². The van der Waals surface area contributed by atoms with E-state index in [9.17, 15) is 0 Å². The van der Waals surface area contributed by atoms with Crippen LogP contribution in [0.5, 0.6) is 0 Å². The highest BCUT2D eigenvalue weighted by Crippen LogP contribution is 2.24. The lowest BCUT2D eigenvalue weighted by atomic mass is 10.2. The molecule has 0 spiro atoms. The molecule has 2 heteroatoms. The Balaban J connectivity index is 2.65. The van der Waals surface area contributed by atoms with Crippen LogP contribution in [0.1, 0.15) is 11.4 Å². The number of rotatable bonds is 0. The Morgan fingerprint density at radius 1 is 1.00 bits per heavy atom. The second-order valence-electron chi connectivity index (χ2n) is 4.13. The van der Waals surface area contributed by atoms with E-state index in [4.69, 9.17) is 0 Å². The van der Waals surface area contributed by atoms with E-state index in [1.165, 1.54) is 27.9 Å². The lowest BCUT2D eigenvalue weighted by Crippen LogP contribution is -1.89. The maximum Gasteiger partial charge on any atom is 0.118 e. The van der Waals surface area contributed by atoms with E-state index >= 15 is 0 Å². The van der Waals surface area contributed by atoms with Gasteiger partial charge in [0.15, 0.2) is 0 Å². The first kappa shape index (κ1) is 8.60. The molecule has 0 atom stereocenters. The molecule has 0 aliphatic carbocycles. The first-order valence-electron chi connectivity index (χ1n) is 5.22. The third kappa shape index (κ3) is 0.938. The average Bonchev–Trinajstić information content (AvgIpc) is 2.72. The molecule has 0 amide bonds. The maximum absolute atomic E-state index is 2.32. The molecule has 0 saturated heterocycles. The van der Waals surface area contributed by atoms with Crippen molar-refractivity contribution in [2.24, 2.45) is 7.05 Å². The second-order valence-corrected chi connectivity index (χ2v) is 4.13. The molecule has 1 aromatic carbocycles. The number of fused-ring (bicyclic) bond motifs is 3. The van der Waals surface area contributed by atoms with Crippen LogP contribution >= 0.6 is 0 Å². The van der Waals surface area contributed by atoms with E-state index in [1.54, 1.807) is 0 Å². The van der Waals surface area contributed by atoms with Crippen LogP contribution in [0.2, 0.25) is 0 Å². The van der Waals surface area contributed by atoms with Crippen LogP contribution in [0.15, 0.2) is 30.3 Å². The zero-order valence-corrected chi connectivity index (χ0v) is 9.28. The molecule has 0 aliphatic rings. The lowest BCUT2D eigenvalue weighted by Gasteiger charge is -1.96. The molecule has 0 radical (unpaired) electrons. The number of hydrogen-bond donors (Lipinski definition) is 0. The quantitative estimate of drug-likeness (QED) is 0.525. The SMILES string of the molecule is Cc1c(C)n2c3ccccc3cc2n1C. The Bertz CT molecular complexity index is 656. The van der Waals surface area contributed by atoms with Crippen molar-refractivity contribution in [2.45, 2.75) is 13.8 Å². The minimum absolute atomic E-state index is 1.27. The summed E-state index contributed by atoms with van der Waals surface area (Å²) in [5, 5.41) is 1.31. The number of imidazole rings is 1. The van der Waals surface area contributed by atoms with Gasteiger partial charge >= 0.3 is 0 Å². The third-order valence-electron chi connectivity index (χ3n) is 3.40. The van der Waals surface area contributed by atoms with Gasteiger partial charge in [-0.1, -0.05) is 18.2 Å². The van der Waals surface area contributed by atoms with Crippen LogP contribution in [-0.4, -0.2) is 8.97 Å². The summed E-state index contributed by atoms with van der Waals surface area (Å²) in [4.78, 5) is 0. The van der Waals surface area contributed by atoms with Gasteiger partial charge in [-0.15, -0.1) is 0 Å². The molecule has 3 aromatic rings. The van der Waals surface area contributed by atoms with Crippen molar-refractivity contribution in [3.8, 4) is 0 Å². The van der Waals surface area contributed by atoms with Crippen LogP contribution in [0.3, 0.4) is 0 Å². The second kappa shape index (κ2) is 2.66. The van der Waals surface area contributed by atoms with Crippen LogP contribution < -0.4 is 0 Å². The fourth-order valence-corrected chi connectivity index (χ4v) is 2.32. The van der Waals surface area contributed by atoms with Gasteiger partial charge in [-0.25, -0.2) is 0 Å². The molecular weight excluding hydrogens is 184 g/mol. The van der Waals surface area contributed by atoms with Crippen molar-refractivity contribution in [1.82, 2.24) is 8.97 Å². The van der Waals surface area contributed by atoms with Crippen molar-refractivity contribution in [3.05, 3.63) is 41.7 Å². The highest BCUT2D eigenvalue weighted by Gasteiger charge is 2.11. The summed E-state index contributed by atoms with van der Waals surface area (Å²) in [6, 6.07) is 10.8. The summed E-state index contributed by atoms with van der Waals surface area (Å²) in [6.45, 7) is 4.34. The normalized spacial score (nSPS) is 11.7. The summed E-state index contributed by atoms with van der Waals surface area (Å²) in [5.74, 6) is 0. The smallest absolute Gasteiger partial charge is 0.118 e. The molecule has 0 saturated carbocycles. The summed E-state index contributed by atoms with van der Waals surface area (Å²) >= 11 is 0. The highest BCUT2D eigenvalue weighted by atomic mass is 15.1. The molecule has 0 aliphatic heterocycles. The van der Waals surface area contributed by atoms with Crippen LogP contribution in [0.25, 0.3) is 16.6 Å². The summed E-state index contributed by atoms with van der Waals surface area (Å²) in [7, 11) is 2.12. The third-order valence-corrected chi connectivity index (χ3v) is 3.40. The summed E-state index contributed by atoms with van der Waals surface area (Å²) < 4.78 is 4.57. The average molecular weight is 198 g/mol. The number of benzene rings is 1. The van der Waals surface area contributed by atoms with Gasteiger partial charge in [0.25, 0.3) is 0 Å². The van der Waals surface area contributed by atoms with Gasteiger partial charge in [0.2, 0.25) is 0 Å². The van der Waals surface area contributed by atoms with E-state index < -0.39 is 0 Å². The standard InChI is InChI=1S/C13H14N2/c1-9-10(2)15-12-7-5-4-6-11(12)8-13(15)14(9)3/h4-8H,1-3H3. The number of hydrogen-bond acceptors (Lipinski definition) is 0. The number of para-hydroxylation sites is 1. The molecule has 2 nitrogen and oxygen atoms in total. The van der Waals surface area contributed by atoms with Gasteiger partial charge in [-0.3, -0.25) is 4.40 Å². The highest BCUT2D eigenvalue weighted by molar-refractivity contribution is 5.86. The lowest BCUT2D eigenvalue weighted by molar-refractivity contribution is 0.910. The van der Waals surface area contributed by atoms with E-state index in [0.29, 0.717) is 0 Å². The first-order chi connectivity index (χ1) is 7.20. The Morgan fingerprint density at radius 3 is 2.53 bits per heavy atom.